The highest BCUT2D eigenvalue weighted by Gasteiger charge is 2.28. The minimum Gasteiger partial charge on any atom is -0.357 e. The first-order chi connectivity index (χ1) is 19.5. The third kappa shape index (κ3) is 5.75. The van der Waals surface area contributed by atoms with E-state index < -0.39 is 0 Å². The van der Waals surface area contributed by atoms with Crippen LogP contribution in [0.1, 0.15) is 57.3 Å². The summed E-state index contributed by atoms with van der Waals surface area (Å²) in [4.78, 5) is 27.7. The number of fused-ring (bicyclic) bond motifs is 2. The zero-order valence-corrected chi connectivity index (χ0v) is 23.4. The predicted octanol–water partition coefficient (Wildman–Crippen LogP) is 7.27. The molecule has 5 aromatic rings. The van der Waals surface area contributed by atoms with Crippen LogP contribution in [0.15, 0.2) is 85.3 Å². The molecule has 1 unspecified atom stereocenters. The lowest BCUT2D eigenvalue weighted by atomic mass is 9.90. The molecule has 2 N–H and O–H groups in total. The molecule has 0 fully saturated rings. The van der Waals surface area contributed by atoms with Crippen molar-refractivity contribution in [3.63, 3.8) is 0 Å². The molecule has 0 saturated carbocycles. The molecule has 0 saturated heterocycles. The van der Waals surface area contributed by atoms with Crippen LogP contribution in [0.2, 0.25) is 10.0 Å². The van der Waals surface area contributed by atoms with Gasteiger partial charge in [-0.15, -0.1) is 0 Å². The van der Waals surface area contributed by atoms with Crippen LogP contribution in [-0.2, 0) is 26.1 Å². The number of benzene rings is 2. The zero-order valence-electron chi connectivity index (χ0n) is 21.9. The summed E-state index contributed by atoms with van der Waals surface area (Å²) >= 11 is 12.3. The number of amides is 1. The molecular weight excluding hydrogens is 541 g/mol. The minimum absolute atomic E-state index is 0.218. The summed E-state index contributed by atoms with van der Waals surface area (Å²) in [7, 11) is 0. The summed E-state index contributed by atoms with van der Waals surface area (Å²) in [6.45, 7) is 1.88. The topological polar surface area (TPSA) is 73.9 Å². The predicted molar refractivity (Wildman–Crippen MR) is 159 cm³/mol. The standard InChI is InChI=1S/C32H29Cl2N5O/c33-26-17-35-18-27(34)30(26)32(40)37-16-21-6-3-7-22(14-21)19-39(20-25-15-24-8-1-2-11-28(24)38-25)29-12-4-9-23-10-5-13-36-31(23)29/h1-3,5-8,10-11,13-15,17-18,29,38H,4,9,12,16,19-20H2,(H,37,40). The Morgan fingerprint density at radius 2 is 1.80 bits per heavy atom. The maximum absolute atomic E-state index is 12.8. The van der Waals surface area contributed by atoms with Gasteiger partial charge in [0, 0.05) is 49.4 Å². The summed E-state index contributed by atoms with van der Waals surface area (Å²) in [6.07, 6.45) is 8.02. The molecule has 6 rings (SSSR count). The van der Waals surface area contributed by atoms with Gasteiger partial charge in [-0.05, 0) is 59.5 Å². The van der Waals surface area contributed by atoms with Crippen LogP contribution in [0.3, 0.4) is 0 Å². The van der Waals surface area contributed by atoms with Gasteiger partial charge in [0.05, 0.1) is 27.3 Å². The van der Waals surface area contributed by atoms with Crippen molar-refractivity contribution in [3.8, 4) is 0 Å². The van der Waals surface area contributed by atoms with Gasteiger partial charge in [-0.3, -0.25) is 19.7 Å². The van der Waals surface area contributed by atoms with Crippen LogP contribution in [0.25, 0.3) is 10.9 Å². The second kappa shape index (κ2) is 11.8. The third-order valence-corrected chi connectivity index (χ3v) is 8.05. The molecule has 8 heteroatoms. The first-order valence-electron chi connectivity index (χ1n) is 13.4. The van der Waals surface area contributed by atoms with E-state index >= 15 is 0 Å². The van der Waals surface area contributed by atoms with E-state index in [0.717, 1.165) is 43.4 Å². The summed E-state index contributed by atoms with van der Waals surface area (Å²) in [6, 6.07) is 23.4. The normalized spacial score (nSPS) is 14.8. The van der Waals surface area contributed by atoms with Crippen molar-refractivity contribution < 1.29 is 4.79 Å². The van der Waals surface area contributed by atoms with Crippen molar-refractivity contribution in [1.82, 2.24) is 25.2 Å². The average Bonchev–Trinajstić information content (AvgIpc) is 3.38. The summed E-state index contributed by atoms with van der Waals surface area (Å²) < 4.78 is 0. The molecule has 0 bridgehead atoms. The molecule has 3 heterocycles. The Bertz CT molecular complexity index is 1610. The Kier molecular flexibility index (Phi) is 7.82. The van der Waals surface area contributed by atoms with E-state index in [1.807, 2.05) is 24.4 Å². The van der Waals surface area contributed by atoms with Gasteiger partial charge in [-0.2, -0.15) is 0 Å². The number of pyridine rings is 2. The molecule has 40 heavy (non-hydrogen) atoms. The Hall–Kier alpha value is -3.71. The number of nitrogens with zero attached hydrogens (tertiary/aromatic N) is 3. The molecule has 0 aliphatic heterocycles. The van der Waals surface area contributed by atoms with Gasteiger partial charge in [-0.1, -0.05) is 71.7 Å². The lowest BCUT2D eigenvalue weighted by molar-refractivity contribution is 0.0951. The minimum atomic E-state index is -0.326. The quantitative estimate of drug-likeness (QED) is 0.206. The van der Waals surface area contributed by atoms with E-state index in [-0.39, 0.29) is 27.6 Å². The molecule has 202 valence electrons. The monoisotopic (exact) mass is 569 g/mol. The number of H-pyrrole nitrogens is 1. The van der Waals surface area contributed by atoms with Gasteiger partial charge in [0.2, 0.25) is 0 Å². The zero-order chi connectivity index (χ0) is 27.5. The summed E-state index contributed by atoms with van der Waals surface area (Å²) in [5.41, 5.74) is 7.25. The molecular formula is C32H29Cl2N5O. The van der Waals surface area contributed by atoms with Gasteiger partial charge in [0.1, 0.15) is 0 Å². The fourth-order valence-electron chi connectivity index (χ4n) is 5.63. The van der Waals surface area contributed by atoms with Gasteiger partial charge < -0.3 is 10.3 Å². The van der Waals surface area contributed by atoms with Crippen LogP contribution in [0.4, 0.5) is 0 Å². The molecule has 2 aromatic carbocycles. The summed E-state index contributed by atoms with van der Waals surface area (Å²) in [5.74, 6) is -0.326. The molecule has 0 radical (unpaired) electrons. The van der Waals surface area contributed by atoms with Gasteiger partial charge >= 0.3 is 0 Å². The highest BCUT2D eigenvalue weighted by molar-refractivity contribution is 6.39. The van der Waals surface area contributed by atoms with E-state index in [4.69, 9.17) is 28.2 Å². The van der Waals surface area contributed by atoms with Crippen molar-refractivity contribution >= 4 is 40.0 Å². The van der Waals surface area contributed by atoms with Crippen molar-refractivity contribution in [3.05, 3.63) is 129 Å². The largest absolute Gasteiger partial charge is 0.357 e. The highest BCUT2D eigenvalue weighted by atomic mass is 35.5. The van der Waals surface area contributed by atoms with E-state index in [1.165, 1.54) is 40.3 Å². The Balaban J connectivity index is 1.24. The fraction of sp³-hybridized carbons (Fsp3) is 0.219. The lowest BCUT2D eigenvalue weighted by Gasteiger charge is -2.35. The molecule has 0 spiro atoms. The van der Waals surface area contributed by atoms with E-state index in [0.29, 0.717) is 6.54 Å². The van der Waals surface area contributed by atoms with E-state index in [2.05, 4.69) is 68.7 Å². The van der Waals surface area contributed by atoms with Crippen LogP contribution >= 0.6 is 23.2 Å². The van der Waals surface area contributed by atoms with E-state index in [9.17, 15) is 4.79 Å². The second-order valence-corrected chi connectivity index (χ2v) is 11.0. The first-order valence-corrected chi connectivity index (χ1v) is 14.2. The Labute approximate surface area is 243 Å². The fourth-order valence-corrected chi connectivity index (χ4v) is 6.16. The Morgan fingerprint density at radius 1 is 0.975 bits per heavy atom. The number of halogens is 2. The second-order valence-electron chi connectivity index (χ2n) is 10.2. The molecule has 1 atom stereocenters. The maximum atomic E-state index is 12.8. The number of aryl methyl sites for hydroxylation is 1. The average molecular weight is 571 g/mol. The van der Waals surface area contributed by atoms with Gasteiger partial charge in [0.15, 0.2) is 0 Å². The Morgan fingerprint density at radius 3 is 2.65 bits per heavy atom. The number of para-hydroxylation sites is 1. The first kappa shape index (κ1) is 26.5. The smallest absolute Gasteiger partial charge is 0.254 e. The van der Waals surface area contributed by atoms with Crippen LogP contribution in [0, 0.1) is 0 Å². The van der Waals surface area contributed by atoms with Crippen LogP contribution < -0.4 is 5.32 Å². The molecule has 1 aliphatic rings. The molecule has 1 aliphatic carbocycles. The maximum Gasteiger partial charge on any atom is 0.254 e. The SMILES string of the molecule is O=C(NCc1cccc(CN(Cc2cc3ccccc3[nH]2)C2CCCc3cccnc32)c1)c1c(Cl)cncc1Cl. The number of hydrogen-bond donors (Lipinski definition) is 2. The van der Waals surface area contributed by atoms with Crippen molar-refractivity contribution in [2.75, 3.05) is 0 Å². The number of carbonyl (C=O) groups is 1. The molecule has 3 aromatic heterocycles. The number of rotatable bonds is 8. The third-order valence-electron chi connectivity index (χ3n) is 7.48. The number of aromatic nitrogens is 3. The summed E-state index contributed by atoms with van der Waals surface area (Å²) in [5, 5.41) is 4.62. The number of nitrogens with one attached hydrogen (secondary N) is 2. The molecule has 1 amide bonds. The number of hydrogen-bond acceptors (Lipinski definition) is 4. The van der Waals surface area contributed by atoms with Crippen molar-refractivity contribution in [2.24, 2.45) is 0 Å². The van der Waals surface area contributed by atoms with Crippen molar-refractivity contribution in [1.29, 1.82) is 0 Å². The van der Waals surface area contributed by atoms with Gasteiger partial charge in [-0.25, -0.2) is 0 Å². The van der Waals surface area contributed by atoms with E-state index in [1.54, 1.807) is 0 Å². The van der Waals surface area contributed by atoms with Crippen LogP contribution in [-0.4, -0.2) is 25.8 Å². The lowest BCUT2D eigenvalue weighted by Crippen LogP contribution is -2.31. The van der Waals surface area contributed by atoms with Crippen molar-refractivity contribution in [2.45, 2.75) is 44.9 Å². The number of aromatic amines is 1. The van der Waals surface area contributed by atoms with Gasteiger partial charge in [0.25, 0.3) is 5.91 Å². The molecule has 6 nitrogen and oxygen atoms in total. The highest BCUT2D eigenvalue weighted by Crippen LogP contribution is 2.35. The van der Waals surface area contributed by atoms with Crippen LogP contribution in [0.5, 0.6) is 0 Å². The number of carbonyl (C=O) groups excluding carboxylic acids is 1.